The van der Waals surface area contributed by atoms with Gasteiger partial charge < -0.3 is 10.1 Å². The Bertz CT molecular complexity index is 411. The average molecular weight is 259 g/mol. The van der Waals surface area contributed by atoms with Gasteiger partial charge in [0.2, 0.25) is 0 Å². The highest BCUT2D eigenvalue weighted by Crippen LogP contribution is 2.40. The molecule has 1 aromatic rings. The van der Waals surface area contributed by atoms with Crippen LogP contribution >= 0.6 is 0 Å². The molecule has 1 aromatic carbocycles. The van der Waals surface area contributed by atoms with E-state index >= 15 is 0 Å². The van der Waals surface area contributed by atoms with Crippen LogP contribution in [0.4, 0.5) is 0 Å². The van der Waals surface area contributed by atoms with Crippen molar-refractivity contribution in [1.29, 1.82) is 0 Å². The summed E-state index contributed by atoms with van der Waals surface area (Å²) < 4.78 is 6.41. The lowest BCUT2D eigenvalue weighted by atomic mass is 9.74. The van der Waals surface area contributed by atoms with Gasteiger partial charge in [-0.25, -0.2) is 0 Å². The predicted molar refractivity (Wildman–Crippen MR) is 78.1 cm³/mol. The van der Waals surface area contributed by atoms with Crippen molar-refractivity contribution in [2.45, 2.75) is 44.6 Å². The lowest BCUT2D eigenvalue weighted by molar-refractivity contribution is -0.0639. The summed E-state index contributed by atoms with van der Waals surface area (Å²) in [6.45, 7) is 5.16. The molecular weight excluding hydrogens is 234 g/mol. The maximum atomic E-state index is 6.41. The normalized spacial score (nSPS) is 31.0. The Morgan fingerprint density at radius 2 is 1.74 bits per heavy atom. The third-order valence-corrected chi connectivity index (χ3v) is 4.96. The van der Waals surface area contributed by atoms with E-state index in [1.54, 1.807) is 0 Å². The molecule has 0 radical (unpaired) electrons. The molecule has 1 saturated heterocycles. The summed E-state index contributed by atoms with van der Waals surface area (Å²) in [4.78, 5) is 0. The van der Waals surface area contributed by atoms with Gasteiger partial charge >= 0.3 is 0 Å². The number of rotatable bonds is 1. The third-order valence-electron chi connectivity index (χ3n) is 4.96. The Morgan fingerprint density at radius 3 is 2.47 bits per heavy atom. The third kappa shape index (κ3) is 2.70. The van der Waals surface area contributed by atoms with Gasteiger partial charge in [0.25, 0.3) is 0 Å². The van der Waals surface area contributed by atoms with E-state index in [4.69, 9.17) is 4.74 Å². The van der Waals surface area contributed by atoms with Gasteiger partial charge in [-0.1, -0.05) is 49.6 Å². The molecule has 1 atom stereocenters. The fraction of sp³-hybridized carbons (Fsp3) is 0.647. The lowest BCUT2D eigenvalue weighted by Gasteiger charge is -2.36. The molecule has 3 rings (SSSR count). The monoisotopic (exact) mass is 259 g/mol. The number of hydrogen-bond acceptors (Lipinski definition) is 2. The highest BCUT2D eigenvalue weighted by atomic mass is 16.5. The van der Waals surface area contributed by atoms with Crippen LogP contribution in [-0.2, 0) is 10.3 Å². The van der Waals surface area contributed by atoms with Gasteiger partial charge in [-0.05, 0) is 25.3 Å². The van der Waals surface area contributed by atoms with E-state index in [2.05, 4.69) is 42.6 Å². The molecule has 1 aliphatic carbocycles. The minimum atomic E-state index is -0.178. The second-order valence-electron chi connectivity index (χ2n) is 6.55. The summed E-state index contributed by atoms with van der Waals surface area (Å²) >= 11 is 0. The van der Waals surface area contributed by atoms with Crippen LogP contribution in [0.1, 0.15) is 44.6 Å². The molecule has 19 heavy (non-hydrogen) atoms. The van der Waals surface area contributed by atoms with Crippen molar-refractivity contribution in [2.24, 2.45) is 5.41 Å². The van der Waals surface area contributed by atoms with Gasteiger partial charge in [-0.15, -0.1) is 0 Å². The molecule has 2 aliphatic rings. The summed E-state index contributed by atoms with van der Waals surface area (Å²) in [6, 6.07) is 10.6. The van der Waals surface area contributed by atoms with E-state index in [1.807, 2.05) is 0 Å². The number of benzene rings is 1. The van der Waals surface area contributed by atoms with E-state index in [0.717, 1.165) is 19.7 Å². The first-order valence-electron chi connectivity index (χ1n) is 7.63. The topological polar surface area (TPSA) is 21.3 Å². The molecule has 1 N–H and O–H groups in total. The molecular formula is C17H25NO. The van der Waals surface area contributed by atoms with Gasteiger partial charge in [-0.2, -0.15) is 0 Å². The molecule has 1 spiro atoms. The van der Waals surface area contributed by atoms with Crippen LogP contribution in [0.25, 0.3) is 0 Å². The molecule has 1 aliphatic heterocycles. The summed E-state index contributed by atoms with van der Waals surface area (Å²) in [5.41, 5.74) is 1.50. The molecule has 0 aromatic heterocycles. The van der Waals surface area contributed by atoms with E-state index in [1.165, 1.54) is 37.7 Å². The van der Waals surface area contributed by atoms with Crippen LogP contribution in [-0.4, -0.2) is 19.7 Å². The molecule has 2 heteroatoms. The molecule has 2 fully saturated rings. The van der Waals surface area contributed by atoms with Crippen molar-refractivity contribution < 1.29 is 4.74 Å². The summed E-state index contributed by atoms with van der Waals surface area (Å²) in [7, 11) is 0. The van der Waals surface area contributed by atoms with E-state index in [-0.39, 0.29) is 5.60 Å². The Kier molecular flexibility index (Phi) is 3.64. The largest absolute Gasteiger partial charge is 0.369 e. The number of hydrogen-bond donors (Lipinski definition) is 1. The molecule has 1 saturated carbocycles. The van der Waals surface area contributed by atoms with E-state index in [9.17, 15) is 0 Å². The van der Waals surface area contributed by atoms with E-state index < -0.39 is 0 Å². The Morgan fingerprint density at radius 1 is 1.00 bits per heavy atom. The first kappa shape index (κ1) is 13.1. The molecule has 1 heterocycles. The number of ether oxygens (including phenoxy) is 1. The standard InChI is InChI=1S/C17H25NO/c1-16(15-8-4-2-5-9-15)12-18-13-17(14-19-16)10-6-3-7-11-17/h2,4-5,8-9,18H,3,6-7,10-14H2,1H3. The van der Waals surface area contributed by atoms with Crippen LogP contribution < -0.4 is 5.32 Å². The summed E-state index contributed by atoms with van der Waals surface area (Å²) in [5, 5.41) is 3.67. The minimum Gasteiger partial charge on any atom is -0.369 e. The van der Waals surface area contributed by atoms with Gasteiger partial charge in [0.15, 0.2) is 0 Å². The van der Waals surface area contributed by atoms with Crippen molar-refractivity contribution in [2.75, 3.05) is 19.7 Å². The zero-order valence-electron chi connectivity index (χ0n) is 12.0. The molecule has 104 valence electrons. The first-order chi connectivity index (χ1) is 9.23. The van der Waals surface area contributed by atoms with Crippen molar-refractivity contribution in [3.05, 3.63) is 35.9 Å². The van der Waals surface area contributed by atoms with E-state index in [0.29, 0.717) is 5.41 Å². The zero-order valence-corrected chi connectivity index (χ0v) is 12.0. The van der Waals surface area contributed by atoms with Crippen LogP contribution in [0.15, 0.2) is 30.3 Å². The number of nitrogens with one attached hydrogen (secondary N) is 1. The average Bonchev–Trinajstić information content (AvgIpc) is 2.62. The summed E-state index contributed by atoms with van der Waals surface area (Å²) in [5.74, 6) is 0. The first-order valence-corrected chi connectivity index (χ1v) is 7.63. The van der Waals surface area contributed by atoms with Crippen molar-refractivity contribution in [3.8, 4) is 0 Å². The van der Waals surface area contributed by atoms with Crippen LogP contribution in [0, 0.1) is 5.41 Å². The highest BCUT2D eigenvalue weighted by molar-refractivity contribution is 5.22. The second-order valence-corrected chi connectivity index (χ2v) is 6.55. The quantitative estimate of drug-likeness (QED) is 0.834. The maximum Gasteiger partial charge on any atom is 0.103 e. The van der Waals surface area contributed by atoms with Gasteiger partial charge in [0, 0.05) is 18.5 Å². The predicted octanol–water partition coefficient (Wildman–Crippen LogP) is 3.47. The Balaban J connectivity index is 1.76. The molecule has 0 amide bonds. The zero-order chi connectivity index (χ0) is 13.2. The Labute approximate surface area is 116 Å². The van der Waals surface area contributed by atoms with Crippen LogP contribution in [0.2, 0.25) is 0 Å². The molecule has 1 unspecified atom stereocenters. The SMILES string of the molecule is CC1(c2ccccc2)CNCC2(CCCCC2)CO1. The van der Waals surface area contributed by atoms with Gasteiger partial charge in [0.1, 0.15) is 5.60 Å². The summed E-state index contributed by atoms with van der Waals surface area (Å²) in [6.07, 6.45) is 6.79. The molecule has 2 nitrogen and oxygen atoms in total. The van der Waals surface area contributed by atoms with Crippen LogP contribution in [0.3, 0.4) is 0 Å². The van der Waals surface area contributed by atoms with Gasteiger partial charge in [0.05, 0.1) is 6.61 Å². The minimum absolute atomic E-state index is 0.178. The van der Waals surface area contributed by atoms with Gasteiger partial charge in [-0.3, -0.25) is 0 Å². The highest BCUT2D eigenvalue weighted by Gasteiger charge is 2.39. The lowest BCUT2D eigenvalue weighted by Crippen LogP contribution is -2.37. The smallest absolute Gasteiger partial charge is 0.103 e. The van der Waals surface area contributed by atoms with Crippen molar-refractivity contribution in [1.82, 2.24) is 5.32 Å². The maximum absolute atomic E-state index is 6.41. The van der Waals surface area contributed by atoms with Crippen molar-refractivity contribution in [3.63, 3.8) is 0 Å². The Hall–Kier alpha value is -0.860. The second kappa shape index (κ2) is 5.26. The fourth-order valence-electron chi connectivity index (χ4n) is 3.58. The molecule has 0 bridgehead atoms. The van der Waals surface area contributed by atoms with Crippen molar-refractivity contribution >= 4 is 0 Å². The fourth-order valence-corrected chi connectivity index (χ4v) is 3.58. The van der Waals surface area contributed by atoms with Crippen LogP contribution in [0.5, 0.6) is 0 Å².